The Kier molecular flexibility index (Phi) is 3.91. The van der Waals surface area contributed by atoms with Crippen LogP contribution in [0.2, 0.25) is 0 Å². The van der Waals surface area contributed by atoms with Gasteiger partial charge in [-0.15, -0.1) is 0 Å². The fourth-order valence-electron chi connectivity index (χ4n) is 1.52. The van der Waals surface area contributed by atoms with Crippen LogP contribution in [0.3, 0.4) is 0 Å². The van der Waals surface area contributed by atoms with Gasteiger partial charge in [-0.05, 0) is 35.9 Å². The van der Waals surface area contributed by atoms with E-state index in [2.05, 4.69) is 0 Å². The Morgan fingerprint density at radius 3 is 2.55 bits per heavy atom. The van der Waals surface area contributed by atoms with Gasteiger partial charge in [0, 0.05) is 6.08 Å². The Labute approximate surface area is 115 Å². The van der Waals surface area contributed by atoms with Crippen molar-refractivity contribution in [2.45, 2.75) is 0 Å². The van der Waals surface area contributed by atoms with Crippen LogP contribution in [0.4, 0.5) is 5.69 Å². The monoisotopic (exact) mass is 271 g/mol. The van der Waals surface area contributed by atoms with Gasteiger partial charge in [-0.25, -0.2) is 4.79 Å². The lowest BCUT2D eigenvalue weighted by molar-refractivity contribution is -0.128. The number of para-hydroxylation sites is 2. The van der Waals surface area contributed by atoms with E-state index in [-0.39, 0.29) is 17.2 Å². The van der Waals surface area contributed by atoms with Crippen molar-refractivity contribution < 1.29 is 19.7 Å². The number of ether oxygens (including phenoxy) is 1. The van der Waals surface area contributed by atoms with E-state index in [1.807, 2.05) is 0 Å². The number of rotatable bonds is 3. The smallest absolute Gasteiger partial charge is 0.336 e. The van der Waals surface area contributed by atoms with Gasteiger partial charge in [-0.2, -0.15) is 0 Å². The van der Waals surface area contributed by atoms with Gasteiger partial charge in [-0.1, -0.05) is 18.2 Å². The third kappa shape index (κ3) is 3.29. The Morgan fingerprint density at radius 1 is 1.10 bits per heavy atom. The molecule has 5 heteroatoms. The standard InChI is InChI=1S/C15H13NO4/c16-11-3-1-2-4-14(11)20-15(19)8-6-10-5-7-12(17)13(18)9-10/h1-9,17-18H,16H2. The minimum Gasteiger partial charge on any atom is -0.504 e. The van der Waals surface area contributed by atoms with Crippen LogP contribution in [-0.2, 0) is 4.79 Å². The van der Waals surface area contributed by atoms with E-state index in [1.165, 1.54) is 24.3 Å². The molecular weight excluding hydrogens is 258 g/mol. The molecule has 20 heavy (non-hydrogen) atoms. The highest BCUT2D eigenvalue weighted by Gasteiger charge is 2.04. The molecular formula is C15H13NO4. The summed E-state index contributed by atoms with van der Waals surface area (Å²) in [5, 5.41) is 18.5. The summed E-state index contributed by atoms with van der Waals surface area (Å²) in [5.41, 5.74) is 6.58. The van der Waals surface area contributed by atoms with E-state index < -0.39 is 5.97 Å². The number of carbonyl (C=O) groups excluding carboxylic acids is 1. The molecule has 0 saturated carbocycles. The van der Waals surface area contributed by atoms with Crippen molar-refractivity contribution in [2.75, 3.05) is 5.73 Å². The van der Waals surface area contributed by atoms with Crippen molar-refractivity contribution in [3.05, 3.63) is 54.1 Å². The van der Waals surface area contributed by atoms with Crippen LogP contribution >= 0.6 is 0 Å². The Morgan fingerprint density at radius 2 is 1.85 bits per heavy atom. The van der Waals surface area contributed by atoms with Gasteiger partial charge in [0.2, 0.25) is 0 Å². The van der Waals surface area contributed by atoms with E-state index in [4.69, 9.17) is 15.6 Å². The van der Waals surface area contributed by atoms with E-state index in [9.17, 15) is 9.90 Å². The maximum atomic E-state index is 11.6. The second-order valence-corrected chi connectivity index (χ2v) is 4.04. The summed E-state index contributed by atoms with van der Waals surface area (Å²) in [4.78, 5) is 11.6. The van der Waals surface area contributed by atoms with Crippen LogP contribution < -0.4 is 10.5 Å². The number of anilines is 1. The first-order valence-corrected chi connectivity index (χ1v) is 5.82. The lowest BCUT2D eigenvalue weighted by Gasteiger charge is -2.04. The number of hydrogen-bond donors (Lipinski definition) is 3. The molecule has 0 spiro atoms. The summed E-state index contributed by atoms with van der Waals surface area (Å²) in [5.74, 6) is -0.777. The number of hydrogen-bond acceptors (Lipinski definition) is 5. The lowest BCUT2D eigenvalue weighted by Crippen LogP contribution is -2.05. The molecule has 0 fully saturated rings. The zero-order valence-electron chi connectivity index (χ0n) is 10.5. The van der Waals surface area contributed by atoms with Gasteiger partial charge in [0.1, 0.15) is 0 Å². The lowest BCUT2D eigenvalue weighted by atomic mass is 10.2. The number of benzene rings is 2. The van der Waals surface area contributed by atoms with Crippen LogP contribution in [0.1, 0.15) is 5.56 Å². The van der Waals surface area contributed by atoms with Crippen molar-refractivity contribution >= 4 is 17.7 Å². The van der Waals surface area contributed by atoms with Crippen LogP contribution in [0.15, 0.2) is 48.5 Å². The first-order valence-electron chi connectivity index (χ1n) is 5.82. The fraction of sp³-hybridized carbons (Fsp3) is 0. The van der Waals surface area contributed by atoms with E-state index in [1.54, 1.807) is 30.3 Å². The third-order valence-corrected chi connectivity index (χ3v) is 2.54. The Bertz CT molecular complexity index is 665. The van der Waals surface area contributed by atoms with E-state index in [0.717, 1.165) is 0 Å². The summed E-state index contributed by atoms with van der Waals surface area (Å²) in [6, 6.07) is 10.9. The quantitative estimate of drug-likeness (QED) is 0.262. The summed E-state index contributed by atoms with van der Waals surface area (Å²) >= 11 is 0. The number of carbonyl (C=O) groups is 1. The number of nitrogens with two attached hydrogens (primary N) is 1. The fourth-order valence-corrected chi connectivity index (χ4v) is 1.52. The molecule has 0 aliphatic carbocycles. The molecule has 0 saturated heterocycles. The van der Waals surface area contributed by atoms with Gasteiger partial charge in [0.15, 0.2) is 17.2 Å². The molecule has 0 aliphatic heterocycles. The highest BCUT2D eigenvalue weighted by molar-refractivity contribution is 5.89. The number of esters is 1. The molecule has 0 amide bonds. The van der Waals surface area contributed by atoms with Crippen molar-refractivity contribution in [2.24, 2.45) is 0 Å². The topological polar surface area (TPSA) is 92.8 Å². The van der Waals surface area contributed by atoms with Gasteiger partial charge in [0.25, 0.3) is 0 Å². The van der Waals surface area contributed by atoms with Crippen LogP contribution in [0, 0.1) is 0 Å². The summed E-state index contributed by atoms with van der Waals surface area (Å²) in [7, 11) is 0. The number of phenolic OH excluding ortho intramolecular Hbond substituents is 2. The molecule has 0 radical (unpaired) electrons. The maximum Gasteiger partial charge on any atom is 0.336 e. The van der Waals surface area contributed by atoms with Crippen LogP contribution in [0.5, 0.6) is 17.2 Å². The molecule has 5 nitrogen and oxygen atoms in total. The summed E-state index contributed by atoms with van der Waals surface area (Å²) in [6.45, 7) is 0. The van der Waals surface area contributed by atoms with Crippen LogP contribution in [0.25, 0.3) is 6.08 Å². The molecule has 2 rings (SSSR count). The Hall–Kier alpha value is -2.95. The minimum atomic E-state index is -0.588. The number of nitrogen functional groups attached to an aromatic ring is 1. The largest absolute Gasteiger partial charge is 0.504 e. The first-order chi connectivity index (χ1) is 9.56. The van der Waals surface area contributed by atoms with Crippen molar-refractivity contribution in [1.82, 2.24) is 0 Å². The molecule has 0 heterocycles. The highest BCUT2D eigenvalue weighted by atomic mass is 16.5. The zero-order chi connectivity index (χ0) is 14.5. The second kappa shape index (κ2) is 5.79. The molecule has 0 aromatic heterocycles. The minimum absolute atomic E-state index is 0.221. The van der Waals surface area contributed by atoms with Gasteiger partial charge < -0.3 is 20.7 Å². The second-order valence-electron chi connectivity index (χ2n) is 4.04. The van der Waals surface area contributed by atoms with Crippen molar-refractivity contribution in [3.63, 3.8) is 0 Å². The SMILES string of the molecule is Nc1ccccc1OC(=O)C=Cc1ccc(O)c(O)c1. The molecule has 0 unspecified atom stereocenters. The number of aromatic hydroxyl groups is 2. The Balaban J connectivity index is 2.06. The van der Waals surface area contributed by atoms with Crippen molar-refractivity contribution in [3.8, 4) is 17.2 Å². The average molecular weight is 271 g/mol. The average Bonchev–Trinajstić information content (AvgIpc) is 2.43. The molecule has 0 atom stereocenters. The normalized spacial score (nSPS) is 10.6. The predicted octanol–water partition coefficient (Wildman–Crippen LogP) is 2.30. The van der Waals surface area contributed by atoms with Crippen molar-refractivity contribution in [1.29, 1.82) is 0 Å². The zero-order valence-corrected chi connectivity index (χ0v) is 10.5. The molecule has 0 bridgehead atoms. The maximum absolute atomic E-state index is 11.6. The molecule has 2 aromatic rings. The summed E-state index contributed by atoms with van der Waals surface area (Å²) in [6.07, 6.45) is 2.67. The number of phenols is 2. The molecule has 4 N–H and O–H groups in total. The summed E-state index contributed by atoms with van der Waals surface area (Å²) < 4.78 is 5.06. The van der Waals surface area contributed by atoms with Gasteiger partial charge in [-0.3, -0.25) is 0 Å². The third-order valence-electron chi connectivity index (χ3n) is 2.54. The first kappa shape index (κ1) is 13.5. The molecule has 102 valence electrons. The highest BCUT2D eigenvalue weighted by Crippen LogP contribution is 2.25. The predicted molar refractivity (Wildman–Crippen MR) is 75.3 cm³/mol. The molecule has 2 aromatic carbocycles. The van der Waals surface area contributed by atoms with E-state index >= 15 is 0 Å². The van der Waals surface area contributed by atoms with Gasteiger partial charge >= 0.3 is 5.97 Å². The molecule has 0 aliphatic rings. The van der Waals surface area contributed by atoms with Crippen LogP contribution in [-0.4, -0.2) is 16.2 Å². The van der Waals surface area contributed by atoms with E-state index in [0.29, 0.717) is 11.3 Å². The van der Waals surface area contributed by atoms with Gasteiger partial charge in [0.05, 0.1) is 5.69 Å².